The molecule has 18 heavy (non-hydrogen) atoms. The summed E-state index contributed by atoms with van der Waals surface area (Å²) in [5.41, 5.74) is 3.45. The van der Waals surface area contributed by atoms with E-state index < -0.39 is 0 Å². The van der Waals surface area contributed by atoms with Crippen LogP contribution in [0.5, 0.6) is 0 Å². The van der Waals surface area contributed by atoms with Crippen LogP contribution in [0, 0.1) is 0 Å². The van der Waals surface area contributed by atoms with E-state index in [1.54, 1.807) is 6.20 Å². The van der Waals surface area contributed by atoms with Gasteiger partial charge in [-0.1, -0.05) is 30.3 Å². The first-order chi connectivity index (χ1) is 8.88. The zero-order chi connectivity index (χ0) is 12.6. The van der Waals surface area contributed by atoms with Crippen molar-refractivity contribution in [1.82, 2.24) is 10.3 Å². The summed E-state index contributed by atoms with van der Waals surface area (Å²) in [5.74, 6) is 0. The molecule has 0 saturated carbocycles. The van der Waals surface area contributed by atoms with Crippen molar-refractivity contribution in [3.8, 4) is 0 Å². The fourth-order valence-corrected chi connectivity index (χ4v) is 1.78. The van der Waals surface area contributed by atoms with Gasteiger partial charge in [0.1, 0.15) is 0 Å². The molecule has 0 bridgehead atoms. The number of aromatic nitrogens is 1. The number of nitrogens with zero attached hydrogens (tertiary/aromatic N) is 1. The number of rotatable bonds is 6. The highest BCUT2D eigenvalue weighted by atomic mass is 16.3. The fraction of sp³-hybridized carbons (Fsp3) is 0.267. The molecule has 0 spiro atoms. The Balaban J connectivity index is 1.72. The molecule has 94 valence electrons. The Kier molecular flexibility index (Phi) is 4.88. The first kappa shape index (κ1) is 12.7. The summed E-state index contributed by atoms with van der Waals surface area (Å²) in [5, 5.41) is 12.3. The maximum atomic E-state index is 8.95. The summed E-state index contributed by atoms with van der Waals surface area (Å²) in [4.78, 5) is 4.08. The van der Waals surface area contributed by atoms with Crippen LogP contribution in [0.25, 0.3) is 0 Å². The zero-order valence-corrected chi connectivity index (χ0v) is 10.3. The Morgan fingerprint density at radius 3 is 2.44 bits per heavy atom. The van der Waals surface area contributed by atoms with Crippen molar-refractivity contribution in [2.75, 3.05) is 6.54 Å². The molecule has 2 rings (SSSR count). The molecule has 1 aromatic carbocycles. The van der Waals surface area contributed by atoms with Crippen LogP contribution >= 0.6 is 0 Å². The minimum absolute atomic E-state index is 0.111. The van der Waals surface area contributed by atoms with Crippen LogP contribution in [-0.4, -0.2) is 16.6 Å². The van der Waals surface area contributed by atoms with Gasteiger partial charge >= 0.3 is 0 Å². The Bertz CT molecular complexity index is 454. The van der Waals surface area contributed by atoms with E-state index in [4.69, 9.17) is 5.11 Å². The first-order valence-corrected chi connectivity index (χ1v) is 6.17. The smallest absolute Gasteiger partial charge is 0.0681 e. The molecular formula is C15H18N2O. The summed E-state index contributed by atoms with van der Waals surface area (Å²) in [6.07, 6.45) is 4.65. The summed E-state index contributed by atoms with van der Waals surface area (Å²) in [7, 11) is 0. The lowest BCUT2D eigenvalue weighted by atomic mass is 10.1. The molecule has 3 heteroatoms. The van der Waals surface area contributed by atoms with E-state index in [1.807, 2.05) is 24.4 Å². The van der Waals surface area contributed by atoms with Crippen LogP contribution in [0.4, 0.5) is 0 Å². The molecule has 0 saturated heterocycles. The van der Waals surface area contributed by atoms with Crippen molar-refractivity contribution in [3.05, 3.63) is 65.5 Å². The minimum Gasteiger partial charge on any atom is -0.392 e. The average molecular weight is 242 g/mol. The van der Waals surface area contributed by atoms with E-state index >= 15 is 0 Å². The van der Waals surface area contributed by atoms with E-state index in [9.17, 15) is 0 Å². The maximum Gasteiger partial charge on any atom is 0.0681 e. The van der Waals surface area contributed by atoms with Gasteiger partial charge in [0.25, 0.3) is 0 Å². The number of pyridine rings is 1. The van der Waals surface area contributed by atoms with Crippen LogP contribution in [0.3, 0.4) is 0 Å². The SMILES string of the molecule is OCc1ccc(CCNCc2cccnc2)cc1. The van der Waals surface area contributed by atoms with Gasteiger partial charge in [0.15, 0.2) is 0 Å². The second-order valence-electron chi connectivity index (χ2n) is 4.26. The predicted molar refractivity (Wildman–Crippen MR) is 72.0 cm³/mol. The van der Waals surface area contributed by atoms with Gasteiger partial charge in [0, 0.05) is 18.9 Å². The standard InChI is InChI=1S/C15H18N2O/c18-12-14-5-3-13(4-6-14)7-9-17-11-15-2-1-8-16-10-15/h1-6,8,10,17-18H,7,9,11-12H2. The van der Waals surface area contributed by atoms with Crippen LogP contribution in [-0.2, 0) is 19.6 Å². The molecule has 0 aliphatic carbocycles. The molecule has 1 heterocycles. The number of nitrogens with one attached hydrogen (secondary N) is 1. The van der Waals surface area contributed by atoms with E-state index in [0.717, 1.165) is 25.1 Å². The third kappa shape index (κ3) is 3.95. The third-order valence-corrected chi connectivity index (χ3v) is 2.85. The maximum absolute atomic E-state index is 8.95. The molecule has 0 atom stereocenters. The Morgan fingerprint density at radius 2 is 1.78 bits per heavy atom. The van der Waals surface area contributed by atoms with Gasteiger partial charge in [0.05, 0.1) is 6.61 Å². The lowest BCUT2D eigenvalue weighted by Crippen LogP contribution is -2.16. The van der Waals surface area contributed by atoms with Crippen LogP contribution in [0.2, 0.25) is 0 Å². The minimum atomic E-state index is 0.111. The second kappa shape index (κ2) is 6.89. The Hall–Kier alpha value is -1.71. The number of aliphatic hydroxyl groups is 1. The van der Waals surface area contributed by atoms with E-state index in [-0.39, 0.29) is 6.61 Å². The van der Waals surface area contributed by atoms with Gasteiger partial charge < -0.3 is 10.4 Å². The fourth-order valence-electron chi connectivity index (χ4n) is 1.78. The van der Waals surface area contributed by atoms with Gasteiger partial charge in [-0.05, 0) is 35.7 Å². The summed E-state index contributed by atoms with van der Waals surface area (Å²) < 4.78 is 0. The van der Waals surface area contributed by atoms with Gasteiger partial charge in [-0.2, -0.15) is 0 Å². The molecule has 0 unspecified atom stereocenters. The van der Waals surface area contributed by atoms with E-state index in [0.29, 0.717) is 0 Å². The highest BCUT2D eigenvalue weighted by molar-refractivity contribution is 5.22. The second-order valence-corrected chi connectivity index (χ2v) is 4.26. The largest absolute Gasteiger partial charge is 0.392 e. The Morgan fingerprint density at radius 1 is 1.00 bits per heavy atom. The summed E-state index contributed by atoms with van der Waals surface area (Å²) in [6, 6.07) is 12.1. The summed E-state index contributed by atoms with van der Waals surface area (Å²) >= 11 is 0. The molecule has 0 aliphatic heterocycles. The summed E-state index contributed by atoms with van der Waals surface area (Å²) in [6.45, 7) is 1.90. The van der Waals surface area contributed by atoms with E-state index in [1.165, 1.54) is 11.1 Å². The molecule has 0 amide bonds. The van der Waals surface area contributed by atoms with Crippen molar-refractivity contribution in [3.63, 3.8) is 0 Å². The van der Waals surface area contributed by atoms with Crippen LogP contribution in [0.15, 0.2) is 48.8 Å². The quantitative estimate of drug-likeness (QED) is 0.761. The number of hydrogen-bond donors (Lipinski definition) is 2. The Labute approximate surface area is 108 Å². The van der Waals surface area contributed by atoms with Gasteiger partial charge in [-0.15, -0.1) is 0 Å². The molecular weight excluding hydrogens is 224 g/mol. The van der Waals surface area contributed by atoms with Crippen molar-refractivity contribution in [2.24, 2.45) is 0 Å². The molecule has 2 N–H and O–H groups in total. The number of benzene rings is 1. The highest BCUT2D eigenvalue weighted by Crippen LogP contribution is 2.04. The molecule has 0 fully saturated rings. The normalized spacial score (nSPS) is 10.5. The lowest BCUT2D eigenvalue weighted by Gasteiger charge is -2.05. The first-order valence-electron chi connectivity index (χ1n) is 6.17. The van der Waals surface area contributed by atoms with Gasteiger partial charge in [0.2, 0.25) is 0 Å². The van der Waals surface area contributed by atoms with Crippen molar-refractivity contribution in [2.45, 2.75) is 19.6 Å². The third-order valence-electron chi connectivity index (χ3n) is 2.85. The monoisotopic (exact) mass is 242 g/mol. The van der Waals surface area contributed by atoms with Gasteiger partial charge in [-0.25, -0.2) is 0 Å². The number of aliphatic hydroxyl groups excluding tert-OH is 1. The molecule has 0 aliphatic rings. The number of hydrogen-bond acceptors (Lipinski definition) is 3. The molecule has 0 radical (unpaired) electrons. The van der Waals surface area contributed by atoms with Crippen molar-refractivity contribution < 1.29 is 5.11 Å². The van der Waals surface area contributed by atoms with Crippen LogP contribution < -0.4 is 5.32 Å². The molecule has 3 nitrogen and oxygen atoms in total. The lowest BCUT2D eigenvalue weighted by molar-refractivity contribution is 0.282. The molecule has 1 aromatic heterocycles. The topological polar surface area (TPSA) is 45.1 Å². The highest BCUT2D eigenvalue weighted by Gasteiger charge is 1.95. The van der Waals surface area contributed by atoms with Gasteiger partial charge in [-0.3, -0.25) is 4.98 Å². The van der Waals surface area contributed by atoms with Crippen molar-refractivity contribution >= 4 is 0 Å². The predicted octanol–water partition coefficient (Wildman–Crippen LogP) is 1.91. The molecule has 2 aromatic rings. The zero-order valence-electron chi connectivity index (χ0n) is 10.3. The average Bonchev–Trinajstić information content (AvgIpc) is 2.45. The van der Waals surface area contributed by atoms with E-state index in [2.05, 4.69) is 28.5 Å². The van der Waals surface area contributed by atoms with Crippen LogP contribution in [0.1, 0.15) is 16.7 Å². The van der Waals surface area contributed by atoms with Crippen molar-refractivity contribution in [1.29, 1.82) is 0 Å².